The molecule has 0 bridgehead atoms. The lowest BCUT2D eigenvalue weighted by atomic mass is 10.2. The molecule has 2 rings (SSSR count). The normalized spacial score (nSPS) is 19.1. The summed E-state index contributed by atoms with van der Waals surface area (Å²) in [5.74, 6) is 0.686. The van der Waals surface area contributed by atoms with E-state index in [1.54, 1.807) is 25.3 Å². The minimum Gasteiger partial charge on any atom is -0.496 e. The van der Waals surface area contributed by atoms with Gasteiger partial charge in [-0.1, -0.05) is 0 Å². The topological polar surface area (TPSA) is 50.4 Å². The molecule has 0 aliphatic carbocycles. The Morgan fingerprint density at radius 1 is 1.59 bits per heavy atom. The Hall–Kier alpha value is -1.07. The third-order valence-electron chi connectivity index (χ3n) is 2.81. The molecule has 1 aromatic carbocycles. The van der Waals surface area contributed by atoms with Crippen molar-refractivity contribution in [3.63, 3.8) is 0 Å². The summed E-state index contributed by atoms with van der Waals surface area (Å²) in [7, 11) is 1.60. The van der Waals surface area contributed by atoms with E-state index in [-0.39, 0.29) is 11.9 Å². The predicted molar refractivity (Wildman–Crippen MR) is 69.4 cm³/mol. The highest BCUT2D eigenvalue weighted by Gasteiger charge is 2.17. The Bertz CT molecular complexity index is 417. The van der Waals surface area contributed by atoms with Crippen molar-refractivity contribution in [2.75, 3.05) is 20.2 Å². The molecule has 1 amide bonds. The third kappa shape index (κ3) is 2.98. The summed E-state index contributed by atoms with van der Waals surface area (Å²) in [6.45, 7) is 1.82. The Morgan fingerprint density at radius 3 is 3.00 bits per heavy atom. The van der Waals surface area contributed by atoms with Crippen LogP contribution in [0.25, 0.3) is 0 Å². The molecule has 0 saturated carbocycles. The maximum Gasteiger partial charge on any atom is 0.251 e. The van der Waals surface area contributed by atoms with Crippen molar-refractivity contribution >= 4 is 21.8 Å². The van der Waals surface area contributed by atoms with Crippen LogP contribution in [0.4, 0.5) is 0 Å². The standard InChI is InChI=1S/C12H15BrN2O2/c1-17-11-3-2-8(6-10(11)13)12(16)15-9-4-5-14-7-9/h2-3,6,9,14H,4-5,7H2,1H3,(H,15,16)/t9-/m1/s1. The van der Waals surface area contributed by atoms with Gasteiger partial charge in [-0.2, -0.15) is 0 Å². The van der Waals surface area contributed by atoms with Gasteiger partial charge in [0.05, 0.1) is 11.6 Å². The molecule has 1 aromatic rings. The lowest BCUT2D eigenvalue weighted by molar-refractivity contribution is 0.0940. The SMILES string of the molecule is COc1ccc(C(=O)N[C@@H]2CCNC2)cc1Br. The van der Waals surface area contributed by atoms with E-state index >= 15 is 0 Å². The molecule has 0 aromatic heterocycles. The van der Waals surface area contributed by atoms with Crippen LogP contribution in [0.3, 0.4) is 0 Å². The first-order chi connectivity index (χ1) is 8.20. The zero-order valence-corrected chi connectivity index (χ0v) is 11.2. The number of carbonyl (C=O) groups excluding carboxylic acids is 1. The van der Waals surface area contributed by atoms with Gasteiger partial charge in [0.1, 0.15) is 5.75 Å². The lowest BCUT2D eigenvalue weighted by Gasteiger charge is -2.12. The molecule has 0 spiro atoms. The molecular weight excluding hydrogens is 284 g/mol. The van der Waals surface area contributed by atoms with Crippen molar-refractivity contribution in [3.05, 3.63) is 28.2 Å². The summed E-state index contributed by atoms with van der Waals surface area (Å²) in [5, 5.41) is 6.21. The summed E-state index contributed by atoms with van der Waals surface area (Å²) in [4.78, 5) is 12.0. The van der Waals surface area contributed by atoms with Crippen LogP contribution in [-0.4, -0.2) is 32.1 Å². The van der Waals surface area contributed by atoms with Crippen molar-refractivity contribution in [1.29, 1.82) is 0 Å². The zero-order valence-electron chi connectivity index (χ0n) is 9.63. The van der Waals surface area contributed by atoms with Gasteiger partial charge in [0, 0.05) is 18.2 Å². The molecule has 2 N–H and O–H groups in total. The Morgan fingerprint density at radius 2 is 2.41 bits per heavy atom. The van der Waals surface area contributed by atoms with Gasteiger partial charge in [-0.3, -0.25) is 4.79 Å². The second-order valence-electron chi connectivity index (χ2n) is 4.01. The van der Waals surface area contributed by atoms with Crippen LogP contribution in [-0.2, 0) is 0 Å². The number of ether oxygens (including phenoxy) is 1. The predicted octanol–water partition coefficient (Wildman–Crippen LogP) is 1.55. The largest absolute Gasteiger partial charge is 0.496 e. The number of nitrogens with one attached hydrogen (secondary N) is 2. The maximum atomic E-state index is 12.0. The number of halogens is 1. The van der Waals surface area contributed by atoms with Crippen LogP contribution in [0, 0.1) is 0 Å². The average Bonchev–Trinajstić information content (AvgIpc) is 2.81. The minimum absolute atomic E-state index is 0.0398. The number of amides is 1. The molecule has 0 unspecified atom stereocenters. The van der Waals surface area contributed by atoms with Gasteiger partial charge in [-0.15, -0.1) is 0 Å². The summed E-state index contributed by atoms with van der Waals surface area (Å²) < 4.78 is 5.91. The van der Waals surface area contributed by atoms with Gasteiger partial charge in [0.25, 0.3) is 5.91 Å². The van der Waals surface area contributed by atoms with E-state index in [1.807, 2.05) is 0 Å². The van der Waals surface area contributed by atoms with Crippen molar-refractivity contribution in [1.82, 2.24) is 10.6 Å². The highest BCUT2D eigenvalue weighted by atomic mass is 79.9. The van der Waals surface area contributed by atoms with E-state index in [1.165, 1.54) is 0 Å². The molecule has 5 heteroatoms. The van der Waals surface area contributed by atoms with E-state index in [2.05, 4.69) is 26.6 Å². The van der Waals surface area contributed by atoms with Crippen molar-refractivity contribution in [3.8, 4) is 5.75 Å². The molecule has 1 aliphatic heterocycles. The van der Waals surface area contributed by atoms with Crippen molar-refractivity contribution in [2.45, 2.75) is 12.5 Å². The van der Waals surface area contributed by atoms with E-state index < -0.39 is 0 Å². The Kier molecular flexibility index (Phi) is 4.02. The molecule has 1 aliphatic rings. The first-order valence-corrected chi connectivity index (χ1v) is 6.35. The fourth-order valence-electron chi connectivity index (χ4n) is 1.85. The quantitative estimate of drug-likeness (QED) is 0.890. The number of rotatable bonds is 3. The summed E-state index contributed by atoms with van der Waals surface area (Å²) >= 11 is 3.37. The first kappa shape index (κ1) is 12.4. The summed E-state index contributed by atoms with van der Waals surface area (Å²) in [6, 6.07) is 5.56. The van der Waals surface area contributed by atoms with Gasteiger partial charge < -0.3 is 15.4 Å². The fourth-order valence-corrected chi connectivity index (χ4v) is 2.39. The molecule has 1 heterocycles. The first-order valence-electron chi connectivity index (χ1n) is 5.56. The molecule has 1 saturated heterocycles. The second-order valence-corrected chi connectivity index (χ2v) is 4.87. The molecule has 4 nitrogen and oxygen atoms in total. The van der Waals surface area contributed by atoms with Gasteiger partial charge in [0.15, 0.2) is 0 Å². The van der Waals surface area contributed by atoms with E-state index in [9.17, 15) is 4.79 Å². The van der Waals surface area contributed by atoms with Gasteiger partial charge in [-0.25, -0.2) is 0 Å². The summed E-state index contributed by atoms with van der Waals surface area (Å²) in [6.07, 6.45) is 0.989. The highest BCUT2D eigenvalue weighted by Crippen LogP contribution is 2.25. The average molecular weight is 299 g/mol. The molecule has 0 radical (unpaired) electrons. The van der Waals surface area contributed by atoms with E-state index in [4.69, 9.17) is 4.74 Å². The van der Waals surface area contributed by atoms with Crippen LogP contribution in [0.5, 0.6) is 5.75 Å². The van der Waals surface area contributed by atoms with Crippen molar-refractivity contribution in [2.24, 2.45) is 0 Å². The fraction of sp³-hybridized carbons (Fsp3) is 0.417. The molecule has 92 valence electrons. The van der Waals surface area contributed by atoms with E-state index in [0.717, 1.165) is 29.7 Å². The zero-order chi connectivity index (χ0) is 12.3. The second kappa shape index (κ2) is 5.51. The smallest absolute Gasteiger partial charge is 0.251 e. The third-order valence-corrected chi connectivity index (χ3v) is 3.43. The Labute approximate surface area is 109 Å². The Balaban J connectivity index is 2.05. The number of hydrogen-bond acceptors (Lipinski definition) is 3. The summed E-state index contributed by atoms with van der Waals surface area (Å²) in [5.41, 5.74) is 0.643. The monoisotopic (exact) mass is 298 g/mol. The minimum atomic E-state index is -0.0398. The van der Waals surface area contributed by atoms with Gasteiger partial charge in [-0.05, 0) is 47.1 Å². The highest BCUT2D eigenvalue weighted by molar-refractivity contribution is 9.10. The van der Waals surface area contributed by atoms with Crippen LogP contribution < -0.4 is 15.4 Å². The van der Waals surface area contributed by atoms with E-state index in [0.29, 0.717) is 5.56 Å². The lowest BCUT2D eigenvalue weighted by Crippen LogP contribution is -2.36. The number of carbonyl (C=O) groups is 1. The number of methoxy groups -OCH3 is 1. The van der Waals surface area contributed by atoms with Crippen LogP contribution in [0.2, 0.25) is 0 Å². The maximum absolute atomic E-state index is 12.0. The van der Waals surface area contributed by atoms with Crippen molar-refractivity contribution < 1.29 is 9.53 Å². The van der Waals surface area contributed by atoms with Crippen LogP contribution in [0.15, 0.2) is 22.7 Å². The van der Waals surface area contributed by atoms with Gasteiger partial charge in [0.2, 0.25) is 0 Å². The van der Waals surface area contributed by atoms with Gasteiger partial charge >= 0.3 is 0 Å². The molecule has 1 fully saturated rings. The van der Waals surface area contributed by atoms with Crippen LogP contribution in [0.1, 0.15) is 16.8 Å². The number of hydrogen-bond donors (Lipinski definition) is 2. The molecule has 1 atom stereocenters. The van der Waals surface area contributed by atoms with Crippen LogP contribution >= 0.6 is 15.9 Å². The molecular formula is C12H15BrN2O2. The number of benzene rings is 1. The molecule has 17 heavy (non-hydrogen) atoms.